The Kier molecular flexibility index (Phi) is 4.20. The number of halogens is 1. The van der Waals surface area contributed by atoms with Gasteiger partial charge in [0.05, 0.1) is 11.1 Å². The minimum Gasteiger partial charge on any atom is -0.481 e. The molecule has 6 heteroatoms. The maximum Gasteiger partial charge on any atom is 0.311 e. The van der Waals surface area contributed by atoms with Crippen molar-refractivity contribution in [1.29, 1.82) is 0 Å². The number of carboxylic acids is 1. The summed E-state index contributed by atoms with van der Waals surface area (Å²) < 4.78 is 13.0. The van der Waals surface area contributed by atoms with Crippen LogP contribution in [-0.4, -0.2) is 22.6 Å². The van der Waals surface area contributed by atoms with Crippen LogP contribution >= 0.6 is 11.3 Å². The first-order chi connectivity index (χ1) is 12.6. The third-order valence-corrected chi connectivity index (χ3v) is 5.55. The van der Waals surface area contributed by atoms with Gasteiger partial charge >= 0.3 is 5.97 Å². The highest BCUT2D eigenvalue weighted by Gasteiger charge is 2.50. The van der Waals surface area contributed by atoms with Crippen LogP contribution in [0.3, 0.4) is 0 Å². The molecule has 0 bridgehead atoms. The average Bonchev–Trinajstić information content (AvgIpc) is 3.31. The molecule has 2 aromatic carbocycles. The highest BCUT2D eigenvalue weighted by molar-refractivity contribution is 7.14. The molecule has 0 spiro atoms. The van der Waals surface area contributed by atoms with Crippen LogP contribution in [0.15, 0.2) is 53.9 Å². The number of aromatic nitrogens is 1. The van der Waals surface area contributed by atoms with E-state index in [1.807, 2.05) is 29.6 Å². The summed E-state index contributed by atoms with van der Waals surface area (Å²) in [4.78, 5) is 15.8. The van der Waals surface area contributed by atoms with Crippen LogP contribution in [0.2, 0.25) is 0 Å². The Morgan fingerprint density at radius 1 is 1.08 bits per heavy atom. The Balaban J connectivity index is 1.45. The zero-order valence-electron chi connectivity index (χ0n) is 13.9. The lowest BCUT2D eigenvalue weighted by Crippen LogP contribution is -2.24. The summed E-state index contributed by atoms with van der Waals surface area (Å²) in [6, 6.07) is 14.3. The highest BCUT2D eigenvalue weighted by atomic mass is 32.1. The fourth-order valence-corrected chi connectivity index (χ4v) is 3.54. The number of rotatable bonds is 6. The summed E-state index contributed by atoms with van der Waals surface area (Å²) in [5.41, 5.74) is 3.20. The third-order valence-electron chi connectivity index (χ3n) is 4.75. The van der Waals surface area contributed by atoms with Gasteiger partial charge in [-0.3, -0.25) is 4.79 Å². The number of anilines is 1. The van der Waals surface area contributed by atoms with Gasteiger partial charge in [-0.05, 0) is 36.1 Å². The molecule has 1 aliphatic rings. The number of carbonyl (C=O) groups is 1. The van der Waals surface area contributed by atoms with E-state index in [9.17, 15) is 14.3 Å². The number of carboxylic acid groups (broad SMARTS) is 1. The molecule has 0 atom stereocenters. The Labute approximate surface area is 154 Å². The van der Waals surface area contributed by atoms with Crippen molar-refractivity contribution >= 4 is 22.4 Å². The van der Waals surface area contributed by atoms with Crippen LogP contribution in [-0.2, 0) is 4.79 Å². The molecule has 0 aliphatic heterocycles. The van der Waals surface area contributed by atoms with Crippen molar-refractivity contribution in [1.82, 2.24) is 4.98 Å². The van der Waals surface area contributed by atoms with E-state index in [-0.39, 0.29) is 5.82 Å². The predicted molar refractivity (Wildman–Crippen MR) is 101 cm³/mol. The second kappa shape index (κ2) is 6.53. The van der Waals surface area contributed by atoms with Gasteiger partial charge in [0, 0.05) is 17.5 Å². The molecule has 4 rings (SSSR count). The van der Waals surface area contributed by atoms with E-state index in [0.717, 1.165) is 40.4 Å². The van der Waals surface area contributed by atoms with Crippen LogP contribution in [0.5, 0.6) is 0 Å². The van der Waals surface area contributed by atoms with Crippen LogP contribution in [0.1, 0.15) is 12.8 Å². The average molecular weight is 368 g/mol. The number of nitrogens with one attached hydrogen (secondary N) is 1. The molecule has 4 nitrogen and oxygen atoms in total. The van der Waals surface area contributed by atoms with Gasteiger partial charge in [0.25, 0.3) is 0 Å². The smallest absolute Gasteiger partial charge is 0.311 e. The maximum absolute atomic E-state index is 13.0. The molecule has 1 fully saturated rings. The van der Waals surface area contributed by atoms with Crippen LogP contribution in [0.4, 0.5) is 9.52 Å². The first-order valence-corrected chi connectivity index (χ1v) is 9.23. The molecule has 0 saturated heterocycles. The first-order valence-electron chi connectivity index (χ1n) is 8.35. The lowest BCUT2D eigenvalue weighted by Gasteiger charge is -2.09. The van der Waals surface area contributed by atoms with Crippen molar-refractivity contribution in [3.8, 4) is 22.4 Å². The van der Waals surface area contributed by atoms with Gasteiger partial charge in [-0.15, -0.1) is 11.3 Å². The molecule has 1 aliphatic carbocycles. The van der Waals surface area contributed by atoms with E-state index in [1.54, 1.807) is 12.1 Å². The van der Waals surface area contributed by atoms with Crippen molar-refractivity contribution in [2.45, 2.75) is 12.8 Å². The summed E-state index contributed by atoms with van der Waals surface area (Å²) in [6.45, 7) is 0.415. The molecule has 3 aromatic rings. The molecular formula is C20H17FN2O2S. The number of thiazole rings is 1. The van der Waals surface area contributed by atoms with E-state index < -0.39 is 11.4 Å². The summed E-state index contributed by atoms with van der Waals surface area (Å²) in [6.07, 6.45) is 1.44. The lowest BCUT2D eigenvalue weighted by atomic mass is 10.0. The number of hydrogen-bond donors (Lipinski definition) is 2. The quantitative estimate of drug-likeness (QED) is 0.650. The van der Waals surface area contributed by atoms with Gasteiger partial charge in [-0.1, -0.05) is 36.4 Å². The number of hydrogen-bond acceptors (Lipinski definition) is 4. The van der Waals surface area contributed by atoms with E-state index in [1.165, 1.54) is 23.5 Å². The molecule has 1 aromatic heterocycles. The van der Waals surface area contributed by atoms with E-state index in [4.69, 9.17) is 0 Å². The fourth-order valence-electron chi connectivity index (χ4n) is 2.83. The van der Waals surface area contributed by atoms with Gasteiger partial charge < -0.3 is 10.4 Å². The van der Waals surface area contributed by atoms with Crippen molar-refractivity contribution in [2.24, 2.45) is 5.41 Å². The van der Waals surface area contributed by atoms with Crippen LogP contribution < -0.4 is 5.32 Å². The molecule has 132 valence electrons. The van der Waals surface area contributed by atoms with Crippen molar-refractivity contribution < 1.29 is 14.3 Å². The lowest BCUT2D eigenvalue weighted by molar-refractivity contribution is -0.142. The predicted octanol–water partition coefficient (Wildman–Crippen LogP) is 4.89. The zero-order valence-corrected chi connectivity index (χ0v) is 14.7. The minimum atomic E-state index is -0.738. The number of nitrogens with zero attached hydrogens (tertiary/aromatic N) is 1. The molecule has 26 heavy (non-hydrogen) atoms. The zero-order chi connectivity index (χ0) is 18.1. The highest BCUT2D eigenvalue weighted by Crippen LogP contribution is 2.46. The van der Waals surface area contributed by atoms with E-state index in [2.05, 4.69) is 10.3 Å². The van der Waals surface area contributed by atoms with Gasteiger partial charge in [-0.25, -0.2) is 9.37 Å². The third kappa shape index (κ3) is 3.32. The number of benzene rings is 2. The van der Waals surface area contributed by atoms with Gasteiger partial charge in [0.2, 0.25) is 0 Å². The Morgan fingerprint density at radius 3 is 2.23 bits per heavy atom. The van der Waals surface area contributed by atoms with Crippen LogP contribution in [0.25, 0.3) is 22.4 Å². The molecule has 1 heterocycles. The summed E-state index contributed by atoms with van der Waals surface area (Å²) >= 11 is 1.47. The van der Waals surface area contributed by atoms with Gasteiger partial charge in [-0.2, -0.15) is 0 Å². The Bertz CT molecular complexity index is 931. The van der Waals surface area contributed by atoms with Gasteiger partial charge in [0.15, 0.2) is 5.13 Å². The monoisotopic (exact) mass is 368 g/mol. The standard InChI is InChI=1S/C20H17FN2O2S/c21-16-7-5-14(6-8-16)13-1-3-15(4-2-13)17-11-26-19(23-17)22-12-20(9-10-20)18(24)25/h1-8,11H,9-10,12H2,(H,22,23)(H,24,25). The molecule has 0 amide bonds. The topological polar surface area (TPSA) is 62.2 Å². The summed E-state index contributed by atoms with van der Waals surface area (Å²) in [7, 11) is 0. The summed E-state index contributed by atoms with van der Waals surface area (Å²) in [5, 5.41) is 15.1. The molecule has 1 saturated carbocycles. The minimum absolute atomic E-state index is 0.247. The van der Waals surface area contributed by atoms with Crippen molar-refractivity contribution in [2.75, 3.05) is 11.9 Å². The fraction of sp³-hybridized carbons (Fsp3) is 0.200. The van der Waals surface area contributed by atoms with Crippen molar-refractivity contribution in [3.05, 3.63) is 59.7 Å². The normalized spacial score (nSPS) is 14.8. The van der Waals surface area contributed by atoms with E-state index >= 15 is 0 Å². The second-order valence-electron chi connectivity index (χ2n) is 6.56. The molecule has 2 N–H and O–H groups in total. The maximum atomic E-state index is 13.0. The first kappa shape index (κ1) is 16.7. The Morgan fingerprint density at radius 2 is 1.65 bits per heavy atom. The SMILES string of the molecule is O=C(O)C1(CNc2nc(-c3ccc(-c4ccc(F)cc4)cc3)cs2)CC1. The molecule has 0 unspecified atom stereocenters. The number of aliphatic carboxylic acids is 1. The second-order valence-corrected chi connectivity index (χ2v) is 7.42. The molecular weight excluding hydrogens is 351 g/mol. The van der Waals surface area contributed by atoms with E-state index in [0.29, 0.717) is 6.54 Å². The van der Waals surface area contributed by atoms with Gasteiger partial charge in [0.1, 0.15) is 5.82 Å². The summed E-state index contributed by atoms with van der Waals surface area (Å²) in [5.74, 6) is -0.984. The Hall–Kier alpha value is -2.73. The largest absolute Gasteiger partial charge is 0.481 e. The molecule has 0 radical (unpaired) electrons. The van der Waals surface area contributed by atoms with Crippen LogP contribution in [0, 0.1) is 11.2 Å². The van der Waals surface area contributed by atoms with Crippen molar-refractivity contribution in [3.63, 3.8) is 0 Å².